The molecule has 1 nitrogen and oxygen atoms in total. The van der Waals surface area contributed by atoms with Crippen LogP contribution in [0.4, 0.5) is 0 Å². The number of nitrogens with one attached hydrogen (secondary N) is 1. The summed E-state index contributed by atoms with van der Waals surface area (Å²) in [5.74, 6) is 0.897. The van der Waals surface area contributed by atoms with Gasteiger partial charge in [0, 0.05) is 6.54 Å². The highest BCUT2D eigenvalue weighted by Crippen LogP contribution is 2.25. The summed E-state index contributed by atoms with van der Waals surface area (Å²) in [6, 6.07) is 0. The molecule has 0 spiro atoms. The van der Waals surface area contributed by atoms with Crippen molar-refractivity contribution in [2.75, 3.05) is 13.1 Å². The summed E-state index contributed by atoms with van der Waals surface area (Å²) in [6.07, 6.45) is 11.7. The average Bonchev–Trinajstić information content (AvgIpc) is 2.57. The van der Waals surface area contributed by atoms with E-state index in [-0.39, 0.29) is 0 Å². The molecule has 0 aromatic heterocycles. The summed E-state index contributed by atoms with van der Waals surface area (Å²) in [4.78, 5) is 0. The van der Waals surface area contributed by atoms with Gasteiger partial charge in [0.25, 0.3) is 0 Å². The van der Waals surface area contributed by atoms with Gasteiger partial charge in [-0.3, -0.25) is 0 Å². The van der Waals surface area contributed by atoms with E-state index in [4.69, 9.17) is 0 Å². The van der Waals surface area contributed by atoms with Crippen LogP contribution in [0, 0.1) is 5.92 Å². The first-order valence-electron chi connectivity index (χ1n) is 5.31. The second-order valence-corrected chi connectivity index (χ2v) is 3.68. The van der Waals surface area contributed by atoms with Crippen molar-refractivity contribution in [1.29, 1.82) is 0 Å². The van der Waals surface area contributed by atoms with Crippen LogP contribution in [-0.4, -0.2) is 13.1 Å². The van der Waals surface area contributed by atoms with E-state index in [1.165, 1.54) is 32.1 Å². The zero-order chi connectivity index (χ0) is 8.65. The van der Waals surface area contributed by atoms with Crippen molar-refractivity contribution >= 4 is 0 Å². The molecule has 12 heavy (non-hydrogen) atoms. The maximum atomic E-state index is 3.37. The second kappa shape index (κ2) is 6.24. The van der Waals surface area contributed by atoms with Crippen LogP contribution >= 0.6 is 0 Å². The molecule has 0 radical (unpaired) electrons. The maximum Gasteiger partial charge on any atom is 0.0134 e. The van der Waals surface area contributed by atoms with Crippen molar-refractivity contribution in [3.05, 3.63) is 12.2 Å². The molecule has 0 atom stereocenters. The molecule has 1 aliphatic rings. The summed E-state index contributed by atoms with van der Waals surface area (Å²) in [7, 11) is 0. The molecule has 1 N–H and O–H groups in total. The maximum absolute atomic E-state index is 3.37. The third kappa shape index (κ3) is 3.91. The predicted octanol–water partition coefficient (Wildman–Crippen LogP) is 2.73. The van der Waals surface area contributed by atoms with E-state index < -0.39 is 0 Å². The van der Waals surface area contributed by atoms with E-state index in [2.05, 4.69) is 24.4 Å². The second-order valence-electron chi connectivity index (χ2n) is 3.68. The van der Waals surface area contributed by atoms with E-state index in [0.717, 1.165) is 19.0 Å². The quantitative estimate of drug-likeness (QED) is 0.490. The molecule has 1 aliphatic carbocycles. The molecule has 0 saturated heterocycles. The van der Waals surface area contributed by atoms with Crippen molar-refractivity contribution in [3.63, 3.8) is 0 Å². The molecule has 0 aromatic carbocycles. The first kappa shape index (κ1) is 9.79. The largest absolute Gasteiger partial charge is 0.313 e. The first-order valence-corrected chi connectivity index (χ1v) is 5.31. The van der Waals surface area contributed by atoms with Gasteiger partial charge in [-0.2, -0.15) is 0 Å². The highest BCUT2D eigenvalue weighted by molar-refractivity contribution is 4.91. The lowest BCUT2D eigenvalue weighted by Crippen LogP contribution is -2.14. The fraction of sp³-hybridized carbons (Fsp3) is 0.818. The van der Waals surface area contributed by atoms with Crippen LogP contribution in [0.25, 0.3) is 0 Å². The van der Waals surface area contributed by atoms with Gasteiger partial charge in [0.15, 0.2) is 0 Å². The van der Waals surface area contributed by atoms with Crippen molar-refractivity contribution in [3.8, 4) is 0 Å². The van der Waals surface area contributed by atoms with Crippen LogP contribution < -0.4 is 5.32 Å². The Morgan fingerprint density at radius 2 is 2.08 bits per heavy atom. The van der Waals surface area contributed by atoms with Gasteiger partial charge in [0.1, 0.15) is 0 Å². The Balaban J connectivity index is 1.97. The minimum atomic E-state index is 0.897. The van der Waals surface area contributed by atoms with Crippen molar-refractivity contribution in [2.24, 2.45) is 5.92 Å². The lowest BCUT2D eigenvalue weighted by Gasteiger charge is -2.00. The van der Waals surface area contributed by atoms with Crippen LogP contribution in [0.2, 0.25) is 0 Å². The minimum absolute atomic E-state index is 0.897. The van der Waals surface area contributed by atoms with Crippen molar-refractivity contribution in [1.82, 2.24) is 5.32 Å². The number of rotatable bonds is 5. The Bertz CT molecular complexity index is 123. The molecule has 70 valence electrons. The van der Waals surface area contributed by atoms with Crippen LogP contribution in [0.5, 0.6) is 0 Å². The normalized spacial score (nSPS) is 19.4. The lowest BCUT2D eigenvalue weighted by atomic mass is 10.1. The molecular weight excluding hydrogens is 146 g/mol. The minimum Gasteiger partial charge on any atom is -0.313 e. The smallest absolute Gasteiger partial charge is 0.0134 e. The Morgan fingerprint density at radius 3 is 2.75 bits per heavy atom. The van der Waals surface area contributed by atoms with Crippen molar-refractivity contribution in [2.45, 2.75) is 39.0 Å². The van der Waals surface area contributed by atoms with E-state index in [1.807, 2.05) is 0 Å². The van der Waals surface area contributed by atoms with Gasteiger partial charge in [0.2, 0.25) is 0 Å². The molecule has 1 rings (SSSR count). The highest BCUT2D eigenvalue weighted by Gasteiger charge is 2.10. The molecule has 0 unspecified atom stereocenters. The predicted molar refractivity (Wildman–Crippen MR) is 54.3 cm³/mol. The Kier molecular flexibility index (Phi) is 5.09. The third-order valence-electron chi connectivity index (χ3n) is 2.50. The molecule has 0 aromatic rings. The number of hydrogen-bond donors (Lipinski definition) is 1. The van der Waals surface area contributed by atoms with E-state index in [0.29, 0.717) is 0 Å². The van der Waals surface area contributed by atoms with Gasteiger partial charge >= 0.3 is 0 Å². The van der Waals surface area contributed by atoms with E-state index >= 15 is 0 Å². The molecule has 1 fully saturated rings. The topological polar surface area (TPSA) is 12.0 Å². The molecule has 0 aliphatic heterocycles. The Morgan fingerprint density at radius 1 is 1.33 bits per heavy atom. The Labute approximate surface area is 76.2 Å². The van der Waals surface area contributed by atoms with Gasteiger partial charge in [-0.05, 0) is 31.7 Å². The molecular formula is C11H21N. The molecule has 1 saturated carbocycles. The Hall–Kier alpha value is -0.300. The van der Waals surface area contributed by atoms with Crippen LogP contribution in [0.3, 0.4) is 0 Å². The zero-order valence-corrected chi connectivity index (χ0v) is 8.18. The van der Waals surface area contributed by atoms with Gasteiger partial charge in [-0.25, -0.2) is 0 Å². The third-order valence-corrected chi connectivity index (χ3v) is 2.50. The summed E-state index contributed by atoms with van der Waals surface area (Å²) in [6.45, 7) is 4.41. The summed E-state index contributed by atoms with van der Waals surface area (Å²) in [5, 5.41) is 3.37. The number of hydrogen-bond acceptors (Lipinski definition) is 1. The molecule has 1 heteroatoms. The van der Waals surface area contributed by atoms with Crippen molar-refractivity contribution < 1.29 is 0 Å². The van der Waals surface area contributed by atoms with Gasteiger partial charge < -0.3 is 5.32 Å². The SMILES string of the molecule is CCCNCC=CC1CCCC1. The van der Waals surface area contributed by atoms with E-state index in [9.17, 15) is 0 Å². The van der Waals surface area contributed by atoms with Gasteiger partial charge in [0.05, 0.1) is 0 Å². The monoisotopic (exact) mass is 167 g/mol. The van der Waals surface area contributed by atoms with Crippen LogP contribution in [0.1, 0.15) is 39.0 Å². The van der Waals surface area contributed by atoms with E-state index in [1.54, 1.807) is 0 Å². The summed E-state index contributed by atoms with van der Waals surface area (Å²) < 4.78 is 0. The molecule has 0 bridgehead atoms. The van der Waals surface area contributed by atoms with Crippen LogP contribution in [0.15, 0.2) is 12.2 Å². The summed E-state index contributed by atoms with van der Waals surface area (Å²) in [5.41, 5.74) is 0. The zero-order valence-electron chi connectivity index (χ0n) is 8.18. The lowest BCUT2D eigenvalue weighted by molar-refractivity contribution is 0.676. The van der Waals surface area contributed by atoms with Gasteiger partial charge in [-0.15, -0.1) is 0 Å². The van der Waals surface area contributed by atoms with Crippen LogP contribution in [-0.2, 0) is 0 Å². The fourth-order valence-corrected chi connectivity index (χ4v) is 1.77. The first-order chi connectivity index (χ1) is 5.93. The standard InChI is InChI=1S/C11H21N/c1-2-9-12-10-5-8-11-6-3-4-7-11/h5,8,11-12H,2-4,6-7,9-10H2,1H3. The highest BCUT2D eigenvalue weighted by atomic mass is 14.8. The summed E-state index contributed by atoms with van der Waals surface area (Å²) >= 11 is 0. The molecule has 0 heterocycles. The molecule has 0 amide bonds. The fourth-order valence-electron chi connectivity index (χ4n) is 1.77. The van der Waals surface area contributed by atoms with Gasteiger partial charge in [-0.1, -0.05) is 31.9 Å². The average molecular weight is 167 g/mol. The number of allylic oxidation sites excluding steroid dienone is 1.